The maximum atomic E-state index is 13.7. The quantitative estimate of drug-likeness (QED) is 0.185. The van der Waals surface area contributed by atoms with Crippen LogP contribution in [-0.2, 0) is 23.9 Å². The van der Waals surface area contributed by atoms with Crippen molar-refractivity contribution < 1.29 is 29.0 Å². The van der Waals surface area contributed by atoms with Crippen molar-refractivity contribution in [3.05, 3.63) is 0 Å². The van der Waals surface area contributed by atoms with Crippen molar-refractivity contribution in [2.24, 2.45) is 10.8 Å². The molecule has 1 rings (SSSR count). The lowest BCUT2D eigenvalue weighted by Crippen LogP contribution is -2.61. The number of carboxylic acid groups (broad SMARTS) is 1. The van der Waals surface area contributed by atoms with Gasteiger partial charge in [0, 0.05) is 16.9 Å². The molecule has 1 aliphatic rings. The fourth-order valence-corrected chi connectivity index (χ4v) is 5.33. The third-order valence-corrected chi connectivity index (χ3v) is 8.20. The Labute approximate surface area is 231 Å². The number of aliphatic carboxylic acids is 1. The first-order valence-electron chi connectivity index (χ1n) is 14.9. The number of ether oxygens (including phenoxy) is 2. The van der Waals surface area contributed by atoms with Gasteiger partial charge in [0.1, 0.15) is 6.10 Å². The minimum atomic E-state index is -1.03. The molecule has 2 amide bonds. The minimum absolute atomic E-state index is 0.0475. The van der Waals surface area contributed by atoms with Crippen LogP contribution in [0.2, 0.25) is 0 Å². The highest BCUT2D eigenvalue weighted by atomic mass is 16.7. The summed E-state index contributed by atoms with van der Waals surface area (Å²) < 4.78 is 11.7. The maximum Gasteiger partial charge on any atom is 0.305 e. The van der Waals surface area contributed by atoms with Crippen molar-refractivity contribution in [2.75, 3.05) is 6.61 Å². The van der Waals surface area contributed by atoms with E-state index in [4.69, 9.17) is 9.47 Å². The van der Waals surface area contributed by atoms with Crippen molar-refractivity contribution in [1.29, 1.82) is 0 Å². The van der Waals surface area contributed by atoms with Crippen molar-refractivity contribution >= 4 is 17.8 Å². The number of rotatable bonds is 18. The lowest BCUT2D eigenvalue weighted by molar-refractivity contribution is -0.304. The van der Waals surface area contributed by atoms with Gasteiger partial charge in [-0.05, 0) is 39.5 Å². The molecule has 0 aromatic heterocycles. The van der Waals surface area contributed by atoms with Gasteiger partial charge in [0.15, 0.2) is 5.79 Å². The van der Waals surface area contributed by atoms with Gasteiger partial charge in [0.2, 0.25) is 11.8 Å². The van der Waals surface area contributed by atoms with Crippen molar-refractivity contribution in [3.8, 4) is 0 Å². The number of hydrogen-bond donors (Lipinski definition) is 3. The van der Waals surface area contributed by atoms with E-state index in [-0.39, 0.29) is 18.2 Å². The number of carbonyl (C=O) groups is 3. The second-order valence-electron chi connectivity index (χ2n) is 12.2. The highest BCUT2D eigenvalue weighted by molar-refractivity contribution is 5.84. The molecule has 0 aromatic carbocycles. The molecule has 8 heteroatoms. The fourth-order valence-electron chi connectivity index (χ4n) is 5.33. The summed E-state index contributed by atoms with van der Waals surface area (Å²) in [6.07, 6.45) is 9.97. The van der Waals surface area contributed by atoms with Crippen LogP contribution in [0.4, 0.5) is 0 Å². The van der Waals surface area contributed by atoms with E-state index in [9.17, 15) is 19.5 Å². The van der Waals surface area contributed by atoms with Gasteiger partial charge in [-0.2, -0.15) is 0 Å². The summed E-state index contributed by atoms with van der Waals surface area (Å²) in [6, 6.07) is -1.27. The largest absolute Gasteiger partial charge is 0.481 e. The third kappa shape index (κ3) is 10.5. The number of carbonyl (C=O) groups excluding carboxylic acids is 2. The van der Waals surface area contributed by atoms with E-state index >= 15 is 0 Å². The molecule has 8 nitrogen and oxygen atoms in total. The van der Waals surface area contributed by atoms with Crippen molar-refractivity contribution in [1.82, 2.24) is 10.6 Å². The Balaban J connectivity index is 2.95. The lowest BCUT2D eigenvalue weighted by atomic mass is 9.76. The average Bonchev–Trinajstić information content (AvgIpc) is 2.85. The summed E-state index contributed by atoms with van der Waals surface area (Å²) >= 11 is 0. The standard InChI is InChI=1S/C30H56N2O6/c1-9-13-14-15-16-17-18-19-30(11-3,12-4)27(36)32-22(10-2)23(20-24(33)34)31-26(35)25-28(5,6)21-37-29(7,8)38-25/h22-23,25H,9-21H2,1-8H3,(H,31,35)(H,32,36)(H,33,34). The molecule has 1 saturated heterocycles. The van der Waals surface area contributed by atoms with Crippen LogP contribution in [-0.4, -0.2) is 53.5 Å². The van der Waals surface area contributed by atoms with Gasteiger partial charge in [-0.25, -0.2) is 0 Å². The lowest BCUT2D eigenvalue weighted by Gasteiger charge is -2.45. The molecule has 3 atom stereocenters. The number of unbranched alkanes of at least 4 members (excludes halogenated alkanes) is 6. The molecule has 222 valence electrons. The number of amides is 2. The molecule has 1 fully saturated rings. The monoisotopic (exact) mass is 540 g/mol. The van der Waals surface area contributed by atoms with Gasteiger partial charge in [-0.15, -0.1) is 0 Å². The summed E-state index contributed by atoms with van der Waals surface area (Å²) in [5.74, 6) is -2.38. The normalized spacial score (nSPS) is 20.4. The Kier molecular flexibility index (Phi) is 14.3. The van der Waals surface area contributed by atoms with E-state index in [1.54, 1.807) is 13.8 Å². The first-order chi connectivity index (χ1) is 17.8. The molecule has 38 heavy (non-hydrogen) atoms. The molecule has 0 spiro atoms. The predicted molar refractivity (Wildman–Crippen MR) is 151 cm³/mol. The van der Waals surface area contributed by atoms with E-state index in [1.807, 2.05) is 34.6 Å². The Hall–Kier alpha value is -1.67. The zero-order valence-corrected chi connectivity index (χ0v) is 25.4. The molecule has 3 N–H and O–H groups in total. The van der Waals surface area contributed by atoms with Gasteiger partial charge < -0.3 is 25.2 Å². The zero-order chi connectivity index (χ0) is 29.0. The summed E-state index contributed by atoms with van der Waals surface area (Å²) in [5, 5.41) is 15.7. The first-order valence-corrected chi connectivity index (χ1v) is 14.9. The maximum absolute atomic E-state index is 13.7. The molecule has 3 unspecified atom stereocenters. The van der Waals surface area contributed by atoms with E-state index < -0.39 is 40.8 Å². The molecule has 0 radical (unpaired) electrons. The second-order valence-corrected chi connectivity index (χ2v) is 12.2. The van der Waals surface area contributed by atoms with Crippen LogP contribution in [0.5, 0.6) is 0 Å². The van der Waals surface area contributed by atoms with Crippen LogP contribution in [0.1, 0.15) is 132 Å². The van der Waals surface area contributed by atoms with Gasteiger partial charge in [-0.1, -0.05) is 86.5 Å². The second kappa shape index (κ2) is 15.8. The Bertz CT molecular complexity index is 747. The van der Waals surface area contributed by atoms with Crippen LogP contribution in [0.15, 0.2) is 0 Å². The summed E-state index contributed by atoms with van der Waals surface area (Å²) in [7, 11) is 0. The highest BCUT2D eigenvalue weighted by Crippen LogP contribution is 2.36. The molecule has 0 bridgehead atoms. The van der Waals surface area contributed by atoms with Crippen LogP contribution in [0.25, 0.3) is 0 Å². The molecule has 0 aliphatic carbocycles. The van der Waals surface area contributed by atoms with E-state index in [2.05, 4.69) is 17.6 Å². The molecule has 1 heterocycles. The Morgan fingerprint density at radius 1 is 0.895 bits per heavy atom. The molecular weight excluding hydrogens is 484 g/mol. The Morgan fingerprint density at radius 3 is 2.00 bits per heavy atom. The fraction of sp³-hybridized carbons (Fsp3) is 0.900. The Morgan fingerprint density at radius 2 is 1.47 bits per heavy atom. The first kappa shape index (κ1) is 34.4. The van der Waals surface area contributed by atoms with Crippen molar-refractivity contribution in [2.45, 2.75) is 156 Å². The van der Waals surface area contributed by atoms with Crippen LogP contribution >= 0.6 is 0 Å². The summed E-state index contributed by atoms with van der Waals surface area (Å²) in [4.78, 5) is 38.8. The van der Waals surface area contributed by atoms with Gasteiger partial charge >= 0.3 is 5.97 Å². The number of hydrogen-bond acceptors (Lipinski definition) is 5. The average molecular weight is 541 g/mol. The zero-order valence-electron chi connectivity index (χ0n) is 25.4. The smallest absolute Gasteiger partial charge is 0.305 e. The van der Waals surface area contributed by atoms with Gasteiger partial charge in [0.25, 0.3) is 0 Å². The SMILES string of the molecule is CCCCCCCCCC(CC)(CC)C(=O)NC(CC)C(CC(=O)O)NC(=O)C1OC(C)(C)OCC1(C)C. The predicted octanol–water partition coefficient (Wildman–Crippen LogP) is 5.97. The number of carboxylic acids is 1. The molecule has 1 aliphatic heterocycles. The topological polar surface area (TPSA) is 114 Å². The van der Waals surface area contributed by atoms with Gasteiger partial charge in [0.05, 0.1) is 19.1 Å². The van der Waals surface area contributed by atoms with Crippen LogP contribution < -0.4 is 10.6 Å². The summed E-state index contributed by atoms with van der Waals surface area (Å²) in [6.45, 7) is 15.8. The highest BCUT2D eigenvalue weighted by Gasteiger charge is 2.46. The molecule has 0 saturated carbocycles. The van der Waals surface area contributed by atoms with Crippen LogP contribution in [0.3, 0.4) is 0 Å². The third-order valence-electron chi connectivity index (χ3n) is 8.20. The van der Waals surface area contributed by atoms with E-state index in [0.29, 0.717) is 13.0 Å². The van der Waals surface area contributed by atoms with Crippen molar-refractivity contribution in [3.63, 3.8) is 0 Å². The molecular formula is C30H56N2O6. The molecule has 0 aromatic rings. The number of nitrogens with one attached hydrogen (secondary N) is 2. The summed E-state index contributed by atoms with van der Waals surface area (Å²) in [5.41, 5.74) is -1.08. The van der Waals surface area contributed by atoms with E-state index in [1.165, 1.54) is 32.1 Å². The minimum Gasteiger partial charge on any atom is -0.481 e. The van der Waals surface area contributed by atoms with Gasteiger partial charge in [-0.3, -0.25) is 14.4 Å². The van der Waals surface area contributed by atoms with Crippen LogP contribution in [0, 0.1) is 10.8 Å². The van der Waals surface area contributed by atoms with E-state index in [0.717, 1.165) is 32.1 Å².